The Balaban J connectivity index is 2.14. The number of halogens is 3. The summed E-state index contributed by atoms with van der Waals surface area (Å²) in [4.78, 5) is 2.11. The normalized spacial score (nSPS) is 18.3. The standard InChI is InChI=1S/C13H16F3N/c14-13(15,16)12-7-3-2-6-11(12)10-17-8-4-1-5-9-17/h2-3,6-7H,1,4-5,8-10H2. The number of alkyl halides is 3. The minimum Gasteiger partial charge on any atom is -0.299 e. The lowest BCUT2D eigenvalue weighted by Gasteiger charge is -2.27. The van der Waals surface area contributed by atoms with Crippen molar-refractivity contribution in [3.63, 3.8) is 0 Å². The molecule has 4 heteroatoms. The second-order valence-electron chi connectivity index (χ2n) is 4.49. The average Bonchev–Trinajstić information content (AvgIpc) is 2.30. The summed E-state index contributed by atoms with van der Waals surface area (Å²) in [6.07, 6.45) is -0.869. The third-order valence-corrected chi connectivity index (χ3v) is 3.17. The Bertz CT molecular complexity index is 367. The molecule has 0 atom stereocenters. The van der Waals surface area contributed by atoms with Crippen molar-refractivity contribution in [3.05, 3.63) is 35.4 Å². The van der Waals surface area contributed by atoms with Crippen LogP contribution in [0.5, 0.6) is 0 Å². The monoisotopic (exact) mass is 243 g/mol. The van der Waals surface area contributed by atoms with E-state index >= 15 is 0 Å². The highest BCUT2D eigenvalue weighted by molar-refractivity contribution is 5.29. The summed E-state index contributed by atoms with van der Waals surface area (Å²) in [5.41, 5.74) is -0.104. The molecule has 0 spiro atoms. The predicted octanol–water partition coefficient (Wildman–Crippen LogP) is 3.69. The van der Waals surface area contributed by atoms with Gasteiger partial charge in [0.25, 0.3) is 0 Å². The maximum absolute atomic E-state index is 12.8. The van der Waals surface area contributed by atoms with E-state index in [0.717, 1.165) is 25.9 Å². The number of nitrogens with zero attached hydrogens (tertiary/aromatic N) is 1. The molecule has 1 fully saturated rings. The molecule has 1 aromatic rings. The third-order valence-electron chi connectivity index (χ3n) is 3.17. The molecule has 1 heterocycles. The van der Waals surface area contributed by atoms with Crippen LogP contribution in [0.15, 0.2) is 24.3 Å². The van der Waals surface area contributed by atoms with Gasteiger partial charge in [0.1, 0.15) is 0 Å². The van der Waals surface area contributed by atoms with Crippen LogP contribution in [-0.4, -0.2) is 18.0 Å². The molecule has 94 valence electrons. The van der Waals surface area contributed by atoms with Gasteiger partial charge in [-0.15, -0.1) is 0 Å². The first kappa shape index (κ1) is 12.4. The molecular weight excluding hydrogens is 227 g/mol. The average molecular weight is 243 g/mol. The lowest BCUT2D eigenvalue weighted by Crippen LogP contribution is -2.30. The summed E-state index contributed by atoms with van der Waals surface area (Å²) >= 11 is 0. The predicted molar refractivity (Wildman–Crippen MR) is 60.6 cm³/mol. The first-order chi connectivity index (χ1) is 8.07. The lowest BCUT2D eigenvalue weighted by atomic mass is 10.0. The first-order valence-corrected chi connectivity index (χ1v) is 5.95. The maximum atomic E-state index is 12.8. The van der Waals surface area contributed by atoms with Crippen LogP contribution in [0.25, 0.3) is 0 Å². The van der Waals surface area contributed by atoms with E-state index in [2.05, 4.69) is 4.90 Å². The number of hydrogen-bond donors (Lipinski definition) is 0. The Labute approximate surface area is 99.2 Å². The summed E-state index contributed by atoms with van der Waals surface area (Å²) in [5.74, 6) is 0. The zero-order valence-corrected chi connectivity index (χ0v) is 9.63. The maximum Gasteiger partial charge on any atom is 0.416 e. The van der Waals surface area contributed by atoms with Gasteiger partial charge in [-0.05, 0) is 37.6 Å². The molecule has 1 saturated heterocycles. The lowest BCUT2D eigenvalue weighted by molar-refractivity contribution is -0.138. The SMILES string of the molecule is FC(F)(F)c1ccccc1CN1CCCCC1. The molecule has 1 nitrogen and oxygen atoms in total. The summed E-state index contributed by atoms with van der Waals surface area (Å²) in [5, 5.41) is 0. The van der Waals surface area contributed by atoms with Crippen molar-refractivity contribution in [2.24, 2.45) is 0 Å². The van der Waals surface area contributed by atoms with Crippen molar-refractivity contribution in [2.45, 2.75) is 32.0 Å². The minimum absolute atomic E-state index is 0.391. The van der Waals surface area contributed by atoms with Gasteiger partial charge in [0.15, 0.2) is 0 Å². The van der Waals surface area contributed by atoms with Gasteiger partial charge in [0, 0.05) is 6.54 Å². The molecule has 17 heavy (non-hydrogen) atoms. The topological polar surface area (TPSA) is 3.24 Å². The van der Waals surface area contributed by atoms with E-state index in [1.165, 1.54) is 18.6 Å². The van der Waals surface area contributed by atoms with Crippen molar-refractivity contribution < 1.29 is 13.2 Å². The number of hydrogen-bond acceptors (Lipinski definition) is 1. The van der Waals surface area contributed by atoms with E-state index in [-0.39, 0.29) is 0 Å². The van der Waals surface area contributed by atoms with Crippen molar-refractivity contribution in [1.29, 1.82) is 0 Å². The van der Waals surface area contributed by atoms with Gasteiger partial charge in [-0.2, -0.15) is 13.2 Å². The summed E-state index contributed by atoms with van der Waals surface area (Å²) in [6.45, 7) is 2.23. The molecule has 1 aliphatic heterocycles. The fourth-order valence-corrected chi connectivity index (χ4v) is 2.29. The minimum atomic E-state index is -4.24. The van der Waals surface area contributed by atoms with Gasteiger partial charge < -0.3 is 0 Å². The van der Waals surface area contributed by atoms with Gasteiger partial charge in [-0.1, -0.05) is 24.6 Å². The third kappa shape index (κ3) is 3.22. The molecule has 0 unspecified atom stereocenters. The van der Waals surface area contributed by atoms with Crippen LogP contribution < -0.4 is 0 Å². The van der Waals surface area contributed by atoms with E-state index in [1.54, 1.807) is 12.1 Å². The van der Waals surface area contributed by atoms with Crippen molar-refractivity contribution >= 4 is 0 Å². The summed E-state index contributed by atoms with van der Waals surface area (Å²) in [7, 11) is 0. The Morgan fingerprint density at radius 2 is 1.65 bits per heavy atom. The van der Waals surface area contributed by atoms with Gasteiger partial charge in [0.2, 0.25) is 0 Å². The smallest absolute Gasteiger partial charge is 0.299 e. The van der Waals surface area contributed by atoms with Gasteiger partial charge >= 0.3 is 6.18 Å². The molecule has 0 saturated carbocycles. The second kappa shape index (κ2) is 5.08. The summed E-state index contributed by atoms with van der Waals surface area (Å²) < 4.78 is 38.4. The molecule has 0 aliphatic carbocycles. The molecular formula is C13H16F3N. The van der Waals surface area contributed by atoms with Gasteiger partial charge in [-0.25, -0.2) is 0 Å². The van der Waals surface area contributed by atoms with E-state index in [9.17, 15) is 13.2 Å². The number of rotatable bonds is 2. The van der Waals surface area contributed by atoms with Crippen LogP contribution in [0.1, 0.15) is 30.4 Å². The number of likely N-dealkylation sites (tertiary alicyclic amines) is 1. The molecule has 2 rings (SSSR count). The van der Waals surface area contributed by atoms with E-state index in [1.807, 2.05) is 0 Å². The Morgan fingerprint density at radius 1 is 1.00 bits per heavy atom. The molecule has 0 N–H and O–H groups in total. The zero-order valence-electron chi connectivity index (χ0n) is 9.63. The largest absolute Gasteiger partial charge is 0.416 e. The van der Waals surface area contributed by atoms with Crippen molar-refractivity contribution in [1.82, 2.24) is 4.90 Å². The Hall–Kier alpha value is -1.03. The zero-order chi connectivity index (χ0) is 12.3. The molecule has 0 amide bonds. The highest BCUT2D eigenvalue weighted by atomic mass is 19.4. The van der Waals surface area contributed by atoms with Crippen LogP contribution in [0.4, 0.5) is 13.2 Å². The van der Waals surface area contributed by atoms with E-state index < -0.39 is 11.7 Å². The quantitative estimate of drug-likeness (QED) is 0.765. The first-order valence-electron chi connectivity index (χ1n) is 5.95. The Kier molecular flexibility index (Phi) is 3.72. The van der Waals surface area contributed by atoms with Crippen LogP contribution >= 0.6 is 0 Å². The van der Waals surface area contributed by atoms with E-state index in [0.29, 0.717) is 12.1 Å². The van der Waals surface area contributed by atoms with E-state index in [4.69, 9.17) is 0 Å². The van der Waals surface area contributed by atoms with Crippen molar-refractivity contribution in [3.8, 4) is 0 Å². The second-order valence-corrected chi connectivity index (χ2v) is 4.49. The van der Waals surface area contributed by atoms with Crippen LogP contribution in [0.3, 0.4) is 0 Å². The molecule has 1 aliphatic rings. The summed E-state index contributed by atoms with van der Waals surface area (Å²) in [6, 6.07) is 5.87. The molecule has 1 aromatic carbocycles. The Morgan fingerprint density at radius 3 is 2.29 bits per heavy atom. The molecule has 0 radical (unpaired) electrons. The van der Waals surface area contributed by atoms with Gasteiger partial charge in [-0.3, -0.25) is 4.90 Å². The van der Waals surface area contributed by atoms with Gasteiger partial charge in [0.05, 0.1) is 5.56 Å². The number of piperidine rings is 1. The highest BCUT2D eigenvalue weighted by Crippen LogP contribution is 2.32. The fraction of sp³-hybridized carbons (Fsp3) is 0.538. The number of benzene rings is 1. The fourth-order valence-electron chi connectivity index (χ4n) is 2.29. The molecule has 0 bridgehead atoms. The highest BCUT2D eigenvalue weighted by Gasteiger charge is 2.33. The van der Waals surface area contributed by atoms with Crippen molar-refractivity contribution in [2.75, 3.05) is 13.1 Å². The van der Waals surface area contributed by atoms with Crippen LogP contribution in [-0.2, 0) is 12.7 Å². The van der Waals surface area contributed by atoms with Crippen LogP contribution in [0, 0.1) is 0 Å². The van der Waals surface area contributed by atoms with Crippen LogP contribution in [0.2, 0.25) is 0 Å². The molecule has 0 aromatic heterocycles.